The molecule has 148 valence electrons. The zero-order valence-electron chi connectivity index (χ0n) is 16.3. The van der Waals surface area contributed by atoms with E-state index in [4.69, 9.17) is 12.2 Å². The highest BCUT2D eigenvalue weighted by Crippen LogP contribution is 2.35. The molecule has 3 nitrogen and oxygen atoms in total. The number of hydrogen-bond donors (Lipinski definition) is 2. The van der Waals surface area contributed by atoms with Gasteiger partial charge in [0.2, 0.25) is 0 Å². The number of nitrogens with one attached hydrogen (secondary N) is 2. The van der Waals surface area contributed by atoms with Gasteiger partial charge in [0.15, 0.2) is 5.11 Å². The lowest BCUT2D eigenvalue weighted by Crippen LogP contribution is -2.56. The summed E-state index contributed by atoms with van der Waals surface area (Å²) in [7, 11) is 0. The Balaban J connectivity index is 1.35. The molecule has 0 radical (unpaired) electrons. The van der Waals surface area contributed by atoms with Crippen LogP contribution in [-0.2, 0) is 6.54 Å². The molecule has 2 saturated heterocycles. The fraction of sp³-hybridized carbons (Fsp3) is 0.435. The first-order chi connectivity index (χ1) is 13.6. The van der Waals surface area contributed by atoms with Gasteiger partial charge < -0.3 is 10.6 Å². The molecule has 0 aromatic heterocycles. The van der Waals surface area contributed by atoms with Crippen molar-refractivity contribution in [3.8, 4) is 0 Å². The van der Waals surface area contributed by atoms with E-state index in [0.29, 0.717) is 23.2 Å². The molecule has 2 fully saturated rings. The number of fused-ring (bicyclic) bond motifs is 2. The van der Waals surface area contributed by atoms with E-state index in [1.807, 2.05) is 0 Å². The van der Waals surface area contributed by atoms with Crippen LogP contribution in [0.25, 0.3) is 0 Å². The molecule has 2 aliphatic rings. The Kier molecular flexibility index (Phi) is 5.93. The van der Waals surface area contributed by atoms with Crippen LogP contribution in [0.15, 0.2) is 48.5 Å². The van der Waals surface area contributed by atoms with E-state index >= 15 is 0 Å². The first-order valence-corrected chi connectivity index (χ1v) is 10.6. The second-order valence-corrected chi connectivity index (χ2v) is 8.58. The molecule has 2 unspecified atom stereocenters. The number of rotatable bonds is 4. The second-order valence-electron chi connectivity index (χ2n) is 8.17. The molecule has 2 atom stereocenters. The first kappa shape index (κ1) is 19.3. The van der Waals surface area contributed by atoms with Crippen LogP contribution in [0.1, 0.15) is 43.2 Å². The summed E-state index contributed by atoms with van der Waals surface area (Å²) in [6.45, 7) is 3.18. The summed E-state index contributed by atoms with van der Waals surface area (Å²) in [5.74, 6) is -0.238. The standard InChI is InChI=1S/C23H28FN3S/c1-16-5-7-17(8-6-16)15-27-21-3-2-4-22(27)14-20(13-21)26-23(28)25-19-11-9-18(24)10-12-19/h5-12,20-22H,2-4,13-15H2,1H3,(H2,25,26,28). The quantitative estimate of drug-likeness (QED) is 0.710. The average molecular weight is 398 g/mol. The van der Waals surface area contributed by atoms with Crippen molar-refractivity contribution in [1.29, 1.82) is 0 Å². The molecule has 2 aromatic rings. The molecule has 2 aliphatic heterocycles. The van der Waals surface area contributed by atoms with Gasteiger partial charge in [0, 0.05) is 30.4 Å². The van der Waals surface area contributed by atoms with Crippen LogP contribution in [-0.4, -0.2) is 28.1 Å². The zero-order chi connectivity index (χ0) is 19.5. The smallest absolute Gasteiger partial charge is 0.170 e. The third-order valence-corrected chi connectivity index (χ3v) is 6.27. The van der Waals surface area contributed by atoms with Gasteiger partial charge in [0.05, 0.1) is 0 Å². The topological polar surface area (TPSA) is 27.3 Å². The van der Waals surface area contributed by atoms with Crippen LogP contribution >= 0.6 is 12.2 Å². The maximum Gasteiger partial charge on any atom is 0.170 e. The number of hydrogen-bond acceptors (Lipinski definition) is 2. The highest BCUT2D eigenvalue weighted by atomic mass is 32.1. The van der Waals surface area contributed by atoms with Crippen molar-refractivity contribution in [2.24, 2.45) is 0 Å². The van der Waals surface area contributed by atoms with Gasteiger partial charge in [-0.2, -0.15) is 0 Å². The van der Waals surface area contributed by atoms with Crippen molar-refractivity contribution in [1.82, 2.24) is 10.2 Å². The van der Waals surface area contributed by atoms with Gasteiger partial charge in [0.25, 0.3) is 0 Å². The van der Waals surface area contributed by atoms with Crippen LogP contribution in [0.3, 0.4) is 0 Å². The molecular weight excluding hydrogens is 369 g/mol. The molecular formula is C23H28FN3S. The third kappa shape index (κ3) is 4.70. The van der Waals surface area contributed by atoms with Crippen molar-refractivity contribution in [2.75, 3.05) is 5.32 Å². The van der Waals surface area contributed by atoms with E-state index in [1.54, 1.807) is 12.1 Å². The number of nitrogens with zero attached hydrogens (tertiary/aromatic N) is 1. The van der Waals surface area contributed by atoms with E-state index in [9.17, 15) is 4.39 Å². The Morgan fingerprint density at radius 3 is 2.32 bits per heavy atom. The highest BCUT2D eigenvalue weighted by Gasteiger charge is 2.38. The summed E-state index contributed by atoms with van der Waals surface area (Å²) in [4.78, 5) is 2.71. The van der Waals surface area contributed by atoms with Crippen molar-refractivity contribution in [2.45, 2.75) is 63.7 Å². The largest absolute Gasteiger partial charge is 0.360 e. The van der Waals surface area contributed by atoms with Crippen LogP contribution in [0, 0.1) is 12.7 Å². The van der Waals surface area contributed by atoms with Gasteiger partial charge >= 0.3 is 0 Å². The van der Waals surface area contributed by atoms with E-state index in [0.717, 1.165) is 25.1 Å². The van der Waals surface area contributed by atoms with Gasteiger partial charge in [-0.25, -0.2) is 4.39 Å². The number of piperidine rings is 2. The van der Waals surface area contributed by atoms with Crippen molar-refractivity contribution in [3.05, 3.63) is 65.5 Å². The zero-order valence-corrected chi connectivity index (χ0v) is 17.1. The summed E-state index contributed by atoms with van der Waals surface area (Å²) in [6.07, 6.45) is 6.09. The Morgan fingerprint density at radius 2 is 1.68 bits per heavy atom. The lowest BCUT2D eigenvalue weighted by atomic mass is 9.81. The third-order valence-electron chi connectivity index (χ3n) is 6.05. The molecule has 2 heterocycles. The van der Waals surface area contributed by atoms with Gasteiger partial charge in [-0.3, -0.25) is 4.90 Å². The molecule has 0 aliphatic carbocycles. The molecule has 2 N–H and O–H groups in total. The predicted molar refractivity (Wildman–Crippen MR) is 117 cm³/mol. The molecule has 28 heavy (non-hydrogen) atoms. The fourth-order valence-corrected chi connectivity index (χ4v) is 4.93. The Labute approximate surface area is 172 Å². The Hall–Kier alpha value is -1.98. The van der Waals surface area contributed by atoms with Gasteiger partial charge in [-0.1, -0.05) is 36.2 Å². The van der Waals surface area contributed by atoms with Crippen molar-refractivity contribution < 1.29 is 4.39 Å². The van der Waals surface area contributed by atoms with Crippen molar-refractivity contribution in [3.63, 3.8) is 0 Å². The number of anilines is 1. The normalized spacial score (nSPS) is 24.6. The number of benzene rings is 2. The lowest BCUT2D eigenvalue weighted by molar-refractivity contribution is 0.0212. The second kappa shape index (κ2) is 8.58. The minimum Gasteiger partial charge on any atom is -0.360 e. The fourth-order valence-electron chi connectivity index (χ4n) is 4.64. The number of halogens is 1. The van der Waals surface area contributed by atoms with Crippen LogP contribution in [0.5, 0.6) is 0 Å². The predicted octanol–water partition coefficient (Wildman–Crippen LogP) is 5.01. The van der Waals surface area contributed by atoms with E-state index in [1.165, 1.54) is 42.5 Å². The summed E-state index contributed by atoms with van der Waals surface area (Å²) in [5, 5.41) is 7.31. The summed E-state index contributed by atoms with van der Waals surface area (Å²) >= 11 is 5.50. The molecule has 0 amide bonds. The Bertz CT molecular complexity index is 792. The minimum atomic E-state index is -0.238. The van der Waals surface area contributed by atoms with Crippen LogP contribution in [0.4, 0.5) is 10.1 Å². The monoisotopic (exact) mass is 397 g/mol. The van der Waals surface area contributed by atoms with E-state index in [-0.39, 0.29) is 5.82 Å². The Morgan fingerprint density at radius 1 is 1.04 bits per heavy atom. The molecule has 2 bridgehead atoms. The highest BCUT2D eigenvalue weighted by molar-refractivity contribution is 7.80. The number of thiocarbonyl (C=S) groups is 1. The first-order valence-electron chi connectivity index (χ1n) is 10.2. The summed E-state index contributed by atoms with van der Waals surface area (Å²) in [6, 6.07) is 16.9. The SMILES string of the molecule is Cc1ccc(CN2C3CCCC2CC(NC(=S)Nc2ccc(F)cc2)C3)cc1. The molecule has 0 spiro atoms. The van der Waals surface area contributed by atoms with Crippen molar-refractivity contribution >= 4 is 23.0 Å². The molecule has 5 heteroatoms. The van der Waals surface area contributed by atoms with Gasteiger partial charge in [-0.15, -0.1) is 0 Å². The minimum absolute atomic E-state index is 0.238. The molecule has 4 rings (SSSR count). The maximum atomic E-state index is 13.1. The maximum absolute atomic E-state index is 13.1. The molecule has 0 saturated carbocycles. The van der Waals surface area contributed by atoms with Crippen LogP contribution < -0.4 is 10.6 Å². The van der Waals surface area contributed by atoms with Crippen LogP contribution in [0.2, 0.25) is 0 Å². The summed E-state index contributed by atoms with van der Waals surface area (Å²) in [5.41, 5.74) is 3.53. The summed E-state index contributed by atoms with van der Waals surface area (Å²) < 4.78 is 13.1. The average Bonchev–Trinajstić information content (AvgIpc) is 2.66. The van der Waals surface area contributed by atoms with E-state index in [2.05, 4.69) is 46.7 Å². The lowest BCUT2D eigenvalue weighted by Gasteiger charge is -2.49. The van der Waals surface area contributed by atoms with E-state index < -0.39 is 0 Å². The van der Waals surface area contributed by atoms with Gasteiger partial charge in [0.1, 0.15) is 5.82 Å². The molecule has 2 aromatic carbocycles. The van der Waals surface area contributed by atoms with Gasteiger partial charge in [-0.05, 0) is 74.7 Å². The number of aryl methyl sites for hydroxylation is 1.